The lowest BCUT2D eigenvalue weighted by atomic mass is 10.1. The molecule has 4 heteroatoms. The van der Waals surface area contributed by atoms with Gasteiger partial charge in [0.25, 0.3) is 0 Å². The fourth-order valence-electron chi connectivity index (χ4n) is 3.58. The molecule has 2 aliphatic rings. The Balaban J connectivity index is 1.56. The first-order valence-electron chi connectivity index (χ1n) is 8.56. The highest BCUT2D eigenvalue weighted by atomic mass is 15.3. The Morgan fingerprint density at radius 3 is 2.67 bits per heavy atom. The molecule has 1 aliphatic carbocycles. The predicted molar refractivity (Wildman–Crippen MR) is 89.1 cm³/mol. The number of anilines is 2. The SMILES string of the molecule is CCCNc1cc(N2CCN(C3CCCC3)CC2)ccn1. The van der Waals surface area contributed by atoms with Crippen LogP contribution in [0.2, 0.25) is 0 Å². The van der Waals surface area contributed by atoms with E-state index < -0.39 is 0 Å². The van der Waals surface area contributed by atoms with Crippen LogP contribution in [0.25, 0.3) is 0 Å². The van der Waals surface area contributed by atoms with Crippen molar-refractivity contribution in [1.82, 2.24) is 9.88 Å². The number of hydrogen-bond acceptors (Lipinski definition) is 4. The molecule has 1 saturated heterocycles. The number of piperazine rings is 1. The van der Waals surface area contributed by atoms with Gasteiger partial charge in [0, 0.05) is 56.7 Å². The van der Waals surface area contributed by atoms with Crippen molar-refractivity contribution in [3.05, 3.63) is 18.3 Å². The normalized spacial score (nSPS) is 20.9. The number of hydrogen-bond donors (Lipinski definition) is 1. The number of nitrogens with zero attached hydrogens (tertiary/aromatic N) is 3. The van der Waals surface area contributed by atoms with Crippen LogP contribution in [-0.2, 0) is 0 Å². The molecule has 0 radical (unpaired) electrons. The number of nitrogens with one attached hydrogen (secondary N) is 1. The molecule has 1 N–H and O–H groups in total. The lowest BCUT2D eigenvalue weighted by molar-refractivity contribution is 0.187. The predicted octanol–water partition coefficient (Wildman–Crippen LogP) is 2.97. The molecule has 0 aromatic carbocycles. The molecular formula is C17H28N4. The number of aromatic nitrogens is 1. The van der Waals surface area contributed by atoms with Crippen LogP contribution < -0.4 is 10.2 Å². The topological polar surface area (TPSA) is 31.4 Å². The minimum atomic E-state index is 0.867. The Kier molecular flexibility index (Phi) is 4.96. The zero-order chi connectivity index (χ0) is 14.5. The van der Waals surface area contributed by atoms with Crippen LogP contribution in [0.15, 0.2) is 18.3 Å². The molecule has 0 atom stereocenters. The van der Waals surface area contributed by atoms with Crippen molar-refractivity contribution in [2.45, 2.75) is 45.1 Å². The van der Waals surface area contributed by atoms with Gasteiger partial charge in [0.15, 0.2) is 0 Å². The van der Waals surface area contributed by atoms with E-state index in [1.165, 1.54) is 44.5 Å². The Labute approximate surface area is 128 Å². The largest absolute Gasteiger partial charge is 0.370 e. The van der Waals surface area contributed by atoms with Crippen LogP contribution in [0.1, 0.15) is 39.0 Å². The first-order valence-corrected chi connectivity index (χ1v) is 8.56. The van der Waals surface area contributed by atoms with E-state index >= 15 is 0 Å². The Hall–Kier alpha value is -1.29. The average molecular weight is 288 g/mol. The van der Waals surface area contributed by atoms with Crippen molar-refractivity contribution in [2.24, 2.45) is 0 Å². The number of rotatable bonds is 5. The van der Waals surface area contributed by atoms with Crippen molar-refractivity contribution in [3.8, 4) is 0 Å². The minimum Gasteiger partial charge on any atom is -0.370 e. The van der Waals surface area contributed by atoms with Gasteiger partial charge in [-0.25, -0.2) is 4.98 Å². The van der Waals surface area contributed by atoms with E-state index in [2.05, 4.69) is 39.2 Å². The first-order chi connectivity index (χ1) is 10.4. The average Bonchev–Trinajstić information content (AvgIpc) is 3.08. The fraction of sp³-hybridized carbons (Fsp3) is 0.706. The Bertz CT molecular complexity index is 434. The van der Waals surface area contributed by atoms with Gasteiger partial charge in [-0.2, -0.15) is 0 Å². The molecule has 0 amide bonds. The third-order valence-corrected chi connectivity index (χ3v) is 4.82. The van der Waals surface area contributed by atoms with Crippen LogP contribution in [-0.4, -0.2) is 48.6 Å². The van der Waals surface area contributed by atoms with Gasteiger partial charge in [-0.15, -0.1) is 0 Å². The number of pyridine rings is 1. The van der Waals surface area contributed by atoms with Gasteiger partial charge in [-0.1, -0.05) is 19.8 Å². The summed E-state index contributed by atoms with van der Waals surface area (Å²) in [4.78, 5) is 9.62. The summed E-state index contributed by atoms with van der Waals surface area (Å²) in [6, 6.07) is 5.20. The molecule has 2 fully saturated rings. The summed E-state index contributed by atoms with van der Waals surface area (Å²) in [5, 5.41) is 3.38. The van der Waals surface area contributed by atoms with E-state index in [1.54, 1.807) is 0 Å². The molecule has 1 aliphatic heterocycles. The van der Waals surface area contributed by atoms with Gasteiger partial charge < -0.3 is 10.2 Å². The van der Waals surface area contributed by atoms with Crippen molar-refractivity contribution < 1.29 is 0 Å². The lowest BCUT2D eigenvalue weighted by Gasteiger charge is -2.39. The van der Waals surface area contributed by atoms with Crippen molar-refractivity contribution in [3.63, 3.8) is 0 Å². The van der Waals surface area contributed by atoms with Gasteiger partial charge >= 0.3 is 0 Å². The maximum absolute atomic E-state index is 4.40. The van der Waals surface area contributed by atoms with Crippen molar-refractivity contribution >= 4 is 11.5 Å². The highest BCUT2D eigenvalue weighted by Crippen LogP contribution is 2.26. The fourth-order valence-corrected chi connectivity index (χ4v) is 3.58. The van der Waals surface area contributed by atoms with Crippen LogP contribution in [0.5, 0.6) is 0 Å². The summed E-state index contributed by atoms with van der Waals surface area (Å²) in [6.45, 7) is 7.89. The Morgan fingerprint density at radius 1 is 1.19 bits per heavy atom. The molecule has 2 heterocycles. The minimum absolute atomic E-state index is 0.867. The van der Waals surface area contributed by atoms with E-state index in [1.807, 2.05) is 6.20 Å². The summed E-state index contributed by atoms with van der Waals surface area (Å²) in [6.07, 6.45) is 8.76. The van der Waals surface area contributed by atoms with Gasteiger partial charge in [0.05, 0.1) is 0 Å². The molecule has 3 rings (SSSR count). The van der Waals surface area contributed by atoms with Crippen LogP contribution in [0.4, 0.5) is 11.5 Å². The van der Waals surface area contributed by atoms with Crippen LogP contribution in [0.3, 0.4) is 0 Å². The summed E-state index contributed by atoms with van der Waals surface area (Å²) in [5.41, 5.74) is 1.31. The maximum Gasteiger partial charge on any atom is 0.127 e. The molecular weight excluding hydrogens is 260 g/mol. The molecule has 1 saturated carbocycles. The summed E-state index contributed by atoms with van der Waals surface area (Å²) >= 11 is 0. The quantitative estimate of drug-likeness (QED) is 0.902. The third-order valence-electron chi connectivity index (χ3n) is 4.82. The highest BCUT2D eigenvalue weighted by molar-refractivity contribution is 5.54. The van der Waals surface area contributed by atoms with Crippen molar-refractivity contribution in [2.75, 3.05) is 42.9 Å². The van der Waals surface area contributed by atoms with Gasteiger partial charge in [0.1, 0.15) is 5.82 Å². The smallest absolute Gasteiger partial charge is 0.127 e. The molecule has 21 heavy (non-hydrogen) atoms. The molecule has 1 aromatic rings. The lowest BCUT2D eigenvalue weighted by Crippen LogP contribution is -2.49. The standard InChI is InChI=1S/C17H28N4/c1-2-8-18-17-14-16(7-9-19-17)21-12-10-20(11-13-21)15-5-3-4-6-15/h7,9,14-15H,2-6,8,10-13H2,1H3,(H,18,19). The van der Waals surface area contributed by atoms with Crippen LogP contribution >= 0.6 is 0 Å². The van der Waals surface area contributed by atoms with Crippen LogP contribution in [0, 0.1) is 0 Å². The van der Waals surface area contributed by atoms with Gasteiger partial charge in [-0.3, -0.25) is 4.90 Å². The monoisotopic (exact) mass is 288 g/mol. The molecule has 0 unspecified atom stereocenters. The highest BCUT2D eigenvalue weighted by Gasteiger charge is 2.26. The van der Waals surface area contributed by atoms with E-state index in [4.69, 9.17) is 0 Å². The van der Waals surface area contributed by atoms with Gasteiger partial charge in [-0.05, 0) is 25.3 Å². The Morgan fingerprint density at radius 2 is 1.95 bits per heavy atom. The molecule has 116 valence electrons. The molecule has 0 spiro atoms. The van der Waals surface area contributed by atoms with Gasteiger partial charge in [0.2, 0.25) is 0 Å². The zero-order valence-corrected chi connectivity index (χ0v) is 13.2. The molecule has 4 nitrogen and oxygen atoms in total. The summed E-state index contributed by atoms with van der Waals surface area (Å²) in [7, 11) is 0. The van der Waals surface area contributed by atoms with E-state index in [9.17, 15) is 0 Å². The van der Waals surface area contributed by atoms with Crippen molar-refractivity contribution in [1.29, 1.82) is 0 Å². The first kappa shape index (κ1) is 14.6. The second-order valence-electron chi connectivity index (χ2n) is 6.29. The summed E-state index contributed by atoms with van der Waals surface area (Å²) < 4.78 is 0. The summed E-state index contributed by atoms with van der Waals surface area (Å²) in [5.74, 6) is 1.01. The molecule has 0 bridgehead atoms. The maximum atomic E-state index is 4.40. The van der Waals surface area contributed by atoms with E-state index in [0.717, 1.165) is 37.9 Å². The second kappa shape index (κ2) is 7.12. The molecule has 1 aromatic heterocycles. The van der Waals surface area contributed by atoms with E-state index in [-0.39, 0.29) is 0 Å². The second-order valence-corrected chi connectivity index (χ2v) is 6.29. The third kappa shape index (κ3) is 3.67. The van der Waals surface area contributed by atoms with E-state index in [0.29, 0.717) is 0 Å². The zero-order valence-electron chi connectivity index (χ0n) is 13.2.